The van der Waals surface area contributed by atoms with Crippen LogP contribution >= 0.6 is 0 Å². The number of benzene rings is 2. The van der Waals surface area contributed by atoms with E-state index in [1.807, 2.05) is 0 Å². The van der Waals surface area contributed by atoms with Crippen molar-refractivity contribution >= 4 is 39.9 Å². The summed E-state index contributed by atoms with van der Waals surface area (Å²) in [5.41, 5.74) is 3.07. The molecule has 3 aromatic heterocycles. The van der Waals surface area contributed by atoms with Crippen LogP contribution in [0.3, 0.4) is 0 Å². The van der Waals surface area contributed by atoms with Crippen LogP contribution in [0.25, 0.3) is 27.9 Å². The van der Waals surface area contributed by atoms with E-state index < -0.39 is 12.1 Å². The van der Waals surface area contributed by atoms with Crippen molar-refractivity contribution in [2.24, 2.45) is 0 Å². The molecule has 0 radical (unpaired) electrons. The SMILES string of the molecule is Fc1cccc(-n2cnc3c(NCc4nc5ccc(F)cc5[nH]4)nc(N4CCNCC4)nc32)c1.O=C(O)C(F)(F)F. The number of anilines is 2. The van der Waals surface area contributed by atoms with Crippen LogP contribution in [-0.4, -0.2) is 72.9 Å². The first kappa shape index (κ1) is 27.7. The standard InChI is InChI=1S/C23H21F2N9.C2HF3O2/c24-14-2-1-3-16(10-14)34-13-28-20-21(31-23(32-22(20)34)33-8-6-26-7-9-33)27-12-19-29-17-5-4-15(25)11-18(17)30-19;3-2(4,5)1(6)7/h1-5,10-11,13,26H,6-9,12H2,(H,29,30)(H,27,31,32);(H,6,7). The van der Waals surface area contributed by atoms with Crippen molar-refractivity contribution in [2.45, 2.75) is 12.7 Å². The summed E-state index contributed by atoms with van der Waals surface area (Å²) in [4.78, 5) is 32.7. The maximum atomic E-state index is 13.9. The molecule has 16 heteroatoms. The van der Waals surface area contributed by atoms with Crippen LogP contribution in [0, 0.1) is 11.6 Å². The van der Waals surface area contributed by atoms with E-state index in [1.54, 1.807) is 29.1 Å². The minimum atomic E-state index is -5.08. The summed E-state index contributed by atoms with van der Waals surface area (Å²) in [5.74, 6) is -1.66. The Morgan fingerprint density at radius 3 is 2.46 bits per heavy atom. The van der Waals surface area contributed by atoms with Gasteiger partial charge in [-0.15, -0.1) is 0 Å². The van der Waals surface area contributed by atoms with Crippen LogP contribution in [0.15, 0.2) is 48.8 Å². The molecular formula is C25H22F5N9O2. The highest BCUT2D eigenvalue weighted by Gasteiger charge is 2.38. The van der Waals surface area contributed by atoms with Gasteiger partial charge in [-0.25, -0.2) is 23.5 Å². The number of fused-ring (bicyclic) bond motifs is 2. The zero-order valence-electron chi connectivity index (χ0n) is 21.1. The maximum Gasteiger partial charge on any atom is 0.490 e. The number of nitrogens with one attached hydrogen (secondary N) is 3. The zero-order chi connectivity index (χ0) is 29.1. The highest BCUT2D eigenvalue weighted by atomic mass is 19.4. The van der Waals surface area contributed by atoms with Crippen molar-refractivity contribution < 1.29 is 31.9 Å². The Bertz CT molecular complexity index is 1700. The van der Waals surface area contributed by atoms with Gasteiger partial charge in [-0.2, -0.15) is 23.1 Å². The number of H-pyrrole nitrogens is 1. The van der Waals surface area contributed by atoms with Crippen LogP contribution in [0.4, 0.5) is 33.7 Å². The molecule has 1 saturated heterocycles. The number of aliphatic carboxylic acids is 1. The maximum absolute atomic E-state index is 13.9. The van der Waals surface area contributed by atoms with Gasteiger partial charge in [0.2, 0.25) is 5.95 Å². The number of imidazole rings is 2. The van der Waals surface area contributed by atoms with Crippen LogP contribution in [0.5, 0.6) is 0 Å². The molecule has 1 aliphatic heterocycles. The van der Waals surface area contributed by atoms with Crippen molar-refractivity contribution in [3.05, 3.63) is 66.3 Å². The van der Waals surface area contributed by atoms with Crippen LogP contribution in [0.2, 0.25) is 0 Å². The molecule has 0 spiro atoms. The smallest absolute Gasteiger partial charge is 0.475 e. The molecule has 214 valence electrons. The van der Waals surface area contributed by atoms with Gasteiger partial charge in [0.1, 0.15) is 23.8 Å². The summed E-state index contributed by atoms with van der Waals surface area (Å²) >= 11 is 0. The number of hydrogen-bond donors (Lipinski definition) is 4. The van der Waals surface area contributed by atoms with Crippen molar-refractivity contribution in [2.75, 3.05) is 36.4 Å². The fourth-order valence-electron chi connectivity index (χ4n) is 4.12. The quantitative estimate of drug-likeness (QED) is 0.232. The Labute approximate surface area is 228 Å². The number of carboxylic acid groups (broad SMARTS) is 1. The molecule has 1 aliphatic rings. The third-order valence-corrected chi connectivity index (χ3v) is 6.03. The second kappa shape index (κ2) is 11.3. The van der Waals surface area contributed by atoms with Crippen LogP contribution in [-0.2, 0) is 11.3 Å². The van der Waals surface area contributed by atoms with E-state index in [-0.39, 0.29) is 11.6 Å². The highest BCUT2D eigenvalue weighted by Crippen LogP contribution is 2.26. The second-order valence-corrected chi connectivity index (χ2v) is 8.88. The Morgan fingerprint density at radius 1 is 1.02 bits per heavy atom. The van der Waals surface area contributed by atoms with Gasteiger partial charge in [-0.05, 0) is 36.4 Å². The lowest BCUT2D eigenvalue weighted by Crippen LogP contribution is -2.44. The third-order valence-electron chi connectivity index (χ3n) is 6.03. The molecule has 0 amide bonds. The number of rotatable bonds is 5. The summed E-state index contributed by atoms with van der Waals surface area (Å²) in [6.07, 6.45) is -3.47. The van der Waals surface area contributed by atoms with Crippen LogP contribution in [0.1, 0.15) is 5.82 Å². The topological polar surface area (TPSA) is 137 Å². The summed E-state index contributed by atoms with van der Waals surface area (Å²) in [6.45, 7) is 3.55. The molecule has 4 heterocycles. The molecule has 5 aromatic rings. The van der Waals surface area contributed by atoms with E-state index in [1.165, 1.54) is 24.3 Å². The fraction of sp³-hybridized carbons (Fsp3) is 0.240. The van der Waals surface area contributed by atoms with E-state index in [0.29, 0.717) is 52.0 Å². The molecule has 0 saturated carbocycles. The number of nitrogens with zero attached hydrogens (tertiary/aromatic N) is 6. The van der Waals surface area contributed by atoms with Gasteiger partial charge in [0.05, 0.1) is 23.3 Å². The molecule has 2 aromatic carbocycles. The lowest BCUT2D eigenvalue weighted by Gasteiger charge is -2.27. The molecule has 1 fully saturated rings. The molecule has 0 aliphatic carbocycles. The summed E-state index contributed by atoms with van der Waals surface area (Å²) in [7, 11) is 0. The number of piperazine rings is 1. The number of aromatic nitrogens is 6. The molecule has 6 rings (SSSR count). The average molecular weight is 576 g/mol. The van der Waals surface area contributed by atoms with E-state index in [4.69, 9.17) is 19.9 Å². The normalized spacial score (nSPS) is 13.7. The van der Waals surface area contributed by atoms with E-state index in [0.717, 1.165) is 26.2 Å². The average Bonchev–Trinajstić information content (AvgIpc) is 3.55. The Balaban J connectivity index is 0.000000431. The van der Waals surface area contributed by atoms with Gasteiger partial charge in [-0.1, -0.05) is 6.07 Å². The number of carboxylic acids is 1. The number of alkyl halides is 3. The minimum absolute atomic E-state index is 0.322. The van der Waals surface area contributed by atoms with Crippen molar-refractivity contribution in [3.63, 3.8) is 0 Å². The summed E-state index contributed by atoms with van der Waals surface area (Å²) in [6, 6.07) is 10.7. The molecular weight excluding hydrogens is 553 g/mol. The van der Waals surface area contributed by atoms with E-state index in [2.05, 4.69) is 30.5 Å². The lowest BCUT2D eigenvalue weighted by atomic mass is 10.3. The largest absolute Gasteiger partial charge is 0.490 e. The Hall–Kier alpha value is -4.86. The van der Waals surface area contributed by atoms with Gasteiger partial charge in [0.25, 0.3) is 0 Å². The first-order chi connectivity index (χ1) is 19.6. The lowest BCUT2D eigenvalue weighted by molar-refractivity contribution is -0.192. The molecule has 0 unspecified atom stereocenters. The van der Waals surface area contributed by atoms with Crippen LogP contribution < -0.4 is 15.5 Å². The minimum Gasteiger partial charge on any atom is -0.475 e. The second-order valence-electron chi connectivity index (χ2n) is 8.88. The molecule has 11 nitrogen and oxygen atoms in total. The Morgan fingerprint density at radius 2 is 1.76 bits per heavy atom. The monoisotopic (exact) mass is 575 g/mol. The van der Waals surface area contributed by atoms with Gasteiger partial charge in [0, 0.05) is 26.2 Å². The Kier molecular flexibility index (Phi) is 7.65. The molecule has 41 heavy (non-hydrogen) atoms. The van der Waals surface area contributed by atoms with Gasteiger partial charge < -0.3 is 25.6 Å². The van der Waals surface area contributed by atoms with Gasteiger partial charge in [-0.3, -0.25) is 4.57 Å². The number of hydrogen-bond acceptors (Lipinski definition) is 8. The fourth-order valence-corrected chi connectivity index (χ4v) is 4.12. The van der Waals surface area contributed by atoms with Crippen molar-refractivity contribution in [1.82, 2.24) is 34.8 Å². The van der Waals surface area contributed by atoms with E-state index >= 15 is 0 Å². The number of halogens is 5. The number of carbonyl (C=O) groups is 1. The van der Waals surface area contributed by atoms with Gasteiger partial charge in [0.15, 0.2) is 17.0 Å². The summed E-state index contributed by atoms with van der Waals surface area (Å²) < 4.78 is 60.9. The van der Waals surface area contributed by atoms with Crippen molar-refractivity contribution in [1.29, 1.82) is 0 Å². The third kappa shape index (κ3) is 6.32. The summed E-state index contributed by atoms with van der Waals surface area (Å²) in [5, 5.41) is 13.8. The predicted molar refractivity (Wildman–Crippen MR) is 139 cm³/mol. The highest BCUT2D eigenvalue weighted by molar-refractivity contribution is 5.85. The molecule has 0 atom stereocenters. The van der Waals surface area contributed by atoms with Crippen molar-refractivity contribution in [3.8, 4) is 5.69 Å². The zero-order valence-corrected chi connectivity index (χ0v) is 21.1. The molecule has 0 bridgehead atoms. The van der Waals surface area contributed by atoms with Gasteiger partial charge >= 0.3 is 12.1 Å². The first-order valence-electron chi connectivity index (χ1n) is 12.2. The molecule has 4 N–H and O–H groups in total. The first-order valence-corrected chi connectivity index (χ1v) is 12.2. The van der Waals surface area contributed by atoms with E-state index in [9.17, 15) is 22.0 Å². The predicted octanol–water partition coefficient (Wildman–Crippen LogP) is 3.63. The number of aromatic amines is 1.